The van der Waals surface area contributed by atoms with Gasteiger partial charge in [0.15, 0.2) is 0 Å². The van der Waals surface area contributed by atoms with Crippen LogP contribution in [0, 0.1) is 5.92 Å². The van der Waals surface area contributed by atoms with Crippen molar-refractivity contribution in [2.24, 2.45) is 5.92 Å². The first-order valence-corrected chi connectivity index (χ1v) is 7.01. The molecule has 1 N–H and O–H groups in total. The second-order valence-electron chi connectivity index (χ2n) is 5.36. The lowest BCUT2D eigenvalue weighted by atomic mass is 9.99. The lowest BCUT2D eigenvalue weighted by Gasteiger charge is -2.24. The van der Waals surface area contributed by atoms with Crippen molar-refractivity contribution >= 4 is 11.6 Å². The molecular weight excluding hydrogens is 230 g/mol. The van der Waals surface area contributed by atoms with E-state index in [0.29, 0.717) is 12.1 Å². The zero-order chi connectivity index (χ0) is 12.4. The Morgan fingerprint density at radius 1 is 1.29 bits per heavy atom. The minimum atomic E-state index is 0.590. The van der Waals surface area contributed by atoms with E-state index in [1.165, 1.54) is 17.5 Å². The van der Waals surface area contributed by atoms with Crippen LogP contribution in [0.15, 0.2) is 18.2 Å². The topological polar surface area (TPSA) is 12.0 Å². The Labute approximate surface area is 110 Å². The zero-order valence-electron chi connectivity index (χ0n) is 11.0. The van der Waals surface area contributed by atoms with Gasteiger partial charge in [0.2, 0.25) is 0 Å². The second-order valence-corrected chi connectivity index (χ2v) is 5.80. The summed E-state index contributed by atoms with van der Waals surface area (Å²) in [6.45, 7) is 6.87. The van der Waals surface area contributed by atoms with Crippen molar-refractivity contribution in [2.45, 2.75) is 52.1 Å². The molecule has 0 radical (unpaired) electrons. The van der Waals surface area contributed by atoms with E-state index in [-0.39, 0.29) is 0 Å². The Bertz CT molecular complexity index is 389. The summed E-state index contributed by atoms with van der Waals surface area (Å²) in [7, 11) is 0. The molecule has 0 fully saturated rings. The monoisotopic (exact) mass is 251 g/mol. The summed E-state index contributed by atoms with van der Waals surface area (Å²) in [6.07, 6.45) is 3.50. The van der Waals surface area contributed by atoms with Crippen LogP contribution < -0.4 is 5.32 Å². The van der Waals surface area contributed by atoms with Crippen molar-refractivity contribution in [2.75, 3.05) is 0 Å². The summed E-state index contributed by atoms with van der Waals surface area (Å²) in [4.78, 5) is 0. The van der Waals surface area contributed by atoms with Gasteiger partial charge in [0.25, 0.3) is 0 Å². The second kappa shape index (κ2) is 5.41. The van der Waals surface area contributed by atoms with Crippen LogP contribution >= 0.6 is 11.6 Å². The van der Waals surface area contributed by atoms with Crippen molar-refractivity contribution < 1.29 is 0 Å². The van der Waals surface area contributed by atoms with Crippen molar-refractivity contribution in [3.63, 3.8) is 0 Å². The smallest absolute Gasteiger partial charge is 0.0408 e. The molecule has 0 amide bonds. The van der Waals surface area contributed by atoms with Gasteiger partial charge in [0.05, 0.1) is 0 Å². The molecule has 17 heavy (non-hydrogen) atoms. The van der Waals surface area contributed by atoms with Crippen LogP contribution in [-0.2, 0) is 12.8 Å². The molecule has 1 aliphatic rings. The van der Waals surface area contributed by atoms with Crippen molar-refractivity contribution in [3.05, 3.63) is 34.3 Å². The highest BCUT2D eigenvalue weighted by molar-refractivity contribution is 6.30. The lowest BCUT2D eigenvalue weighted by Crippen LogP contribution is -2.40. The van der Waals surface area contributed by atoms with E-state index < -0.39 is 0 Å². The summed E-state index contributed by atoms with van der Waals surface area (Å²) < 4.78 is 0. The standard InChI is InChI=1S/C15H22ClN/c1-4-10(2)11(3)17-15-8-12-5-6-14(16)7-13(12)9-15/h5-7,10-11,15,17H,4,8-9H2,1-3H3. The molecule has 0 spiro atoms. The Morgan fingerprint density at radius 3 is 2.71 bits per heavy atom. The molecule has 0 saturated heterocycles. The molecule has 0 bridgehead atoms. The van der Waals surface area contributed by atoms with Crippen LogP contribution in [0.4, 0.5) is 0 Å². The van der Waals surface area contributed by atoms with Gasteiger partial charge in [-0.05, 0) is 48.9 Å². The molecule has 2 heteroatoms. The predicted molar refractivity (Wildman–Crippen MR) is 74.7 cm³/mol. The molecule has 1 aromatic carbocycles. The minimum absolute atomic E-state index is 0.590. The third kappa shape index (κ3) is 3.02. The van der Waals surface area contributed by atoms with Gasteiger partial charge in [0.1, 0.15) is 0 Å². The number of hydrogen-bond donors (Lipinski definition) is 1. The number of hydrogen-bond acceptors (Lipinski definition) is 1. The fourth-order valence-corrected chi connectivity index (χ4v) is 2.79. The maximum Gasteiger partial charge on any atom is 0.0408 e. The highest BCUT2D eigenvalue weighted by Crippen LogP contribution is 2.26. The Morgan fingerprint density at radius 2 is 2.00 bits per heavy atom. The van der Waals surface area contributed by atoms with Gasteiger partial charge in [-0.1, -0.05) is 37.9 Å². The fraction of sp³-hybridized carbons (Fsp3) is 0.600. The van der Waals surface area contributed by atoms with Gasteiger partial charge in [-0.25, -0.2) is 0 Å². The average molecular weight is 252 g/mol. The van der Waals surface area contributed by atoms with E-state index in [2.05, 4.69) is 38.2 Å². The molecule has 94 valence electrons. The predicted octanol–water partition coefficient (Wildman–Crippen LogP) is 3.83. The normalized spacial score (nSPS) is 22.2. The van der Waals surface area contributed by atoms with Gasteiger partial charge in [0, 0.05) is 17.1 Å². The number of nitrogens with one attached hydrogen (secondary N) is 1. The zero-order valence-corrected chi connectivity index (χ0v) is 11.7. The lowest BCUT2D eigenvalue weighted by molar-refractivity contribution is 0.351. The summed E-state index contributed by atoms with van der Waals surface area (Å²) in [5.74, 6) is 0.738. The fourth-order valence-electron chi connectivity index (χ4n) is 2.59. The molecule has 0 aromatic heterocycles. The number of benzene rings is 1. The van der Waals surface area contributed by atoms with Crippen LogP contribution in [0.5, 0.6) is 0 Å². The van der Waals surface area contributed by atoms with Gasteiger partial charge in [-0.15, -0.1) is 0 Å². The van der Waals surface area contributed by atoms with Crippen molar-refractivity contribution in [1.29, 1.82) is 0 Å². The van der Waals surface area contributed by atoms with Gasteiger partial charge < -0.3 is 5.32 Å². The molecule has 1 aliphatic carbocycles. The van der Waals surface area contributed by atoms with E-state index in [1.54, 1.807) is 0 Å². The molecule has 0 heterocycles. The highest BCUT2D eigenvalue weighted by atomic mass is 35.5. The molecule has 1 nitrogen and oxygen atoms in total. The quantitative estimate of drug-likeness (QED) is 0.858. The van der Waals surface area contributed by atoms with Crippen LogP contribution in [0.1, 0.15) is 38.3 Å². The van der Waals surface area contributed by atoms with Gasteiger partial charge in [-0.2, -0.15) is 0 Å². The first-order chi connectivity index (χ1) is 8.10. The van der Waals surface area contributed by atoms with Crippen LogP contribution in [0.2, 0.25) is 5.02 Å². The van der Waals surface area contributed by atoms with Crippen molar-refractivity contribution in [3.8, 4) is 0 Å². The average Bonchev–Trinajstić information content (AvgIpc) is 2.69. The van der Waals surface area contributed by atoms with Crippen LogP contribution in [-0.4, -0.2) is 12.1 Å². The van der Waals surface area contributed by atoms with E-state index in [9.17, 15) is 0 Å². The summed E-state index contributed by atoms with van der Waals surface area (Å²) in [5.41, 5.74) is 2.88. The molecule has 3 atom stereocenters. The highest BCUT2D eigenvalue weighted by Gasteiger charge is 2.23. The van der Waals surface area contributed by atoms with E-state index >= 15 is 0 Å². The van der Waals surface area contributed by atoms with E-state index in [0.717, 1.165) is 23.8 Å². The Kier molecular flexibility index (Phi) is 4.11. The maximum absolute atomic E-state index is 6.03. The summed E-state index contributed by atoms with van der Waals surface area (Å²) in [6, 6.07) is 7.47. The Balaban J connectivity index is 1.96. The van der Waals surface area contributed by atoms with Crippen LogP contribution in [0.3, 0.4) is 0 Å². The van der Waals surface area contributed by atoms with E-state index in [4.69, 9.17) is 11.6 Å². The number of halogens is 1. The molecular formula is C15H22ClN. The third-order valence-electron chi connectivity index (χ3n) is 4.10. The summed E-state index contributed by atoms with van der Waals surface area (Å²) in [5, 5.41) is 4.61. The molecule has 0 saturated carbocycles. The largest absolute Gasteiger partial charge is 0.311 e. The van der Waals surface area contributed by atoms with E-state index in [1.807, 2.05) is 6.07 Å². The molecule has 3 unspecified atom stereocenters. The number of rotatable bonds is 4. The number of fused-ring (bicyclic) bond motifs is 1. The first-order valence-electron chi connectivity index (χ1n) is 6.63. The van der Waals surface area contributed by atoms with Crippen molar-refractivity contribution in [1.82, 2.24) is 5.32 Å². The molecule has 0 aliphatic heterocycles. The van der Waals surface area contributed by atoms with Gasteiger partial charge in [-0.3, -0.25) is 0 Å². The maximum atomic E-state index is 6.03. The molecule has 2 rings (SSSR count). The van der Waals surface area contributed by atoms with Gasteiger partial charge >= 0.3 is 0 Å². The summed E-state index contributed by atoms with van der Waals surface area (Å²) >= 11 is 6.03. The molecule has 1 aromatic rings. The van der Waals surface area contributed by atoms with Crippen LogP contribution in [0.25, 0.3) is 0 Å². The Hall–Kier alpha value is -0.530. The third-order valence-corrected chi connectivity index (χ3v) is 4.33. The first kappa shape index (κ1) is 12.9. The SMILES string of the molecule is CCC(C)C(C)NC1Cc2ccc(Cl)cc2C1. The minimum Gasteiger partial charge on any atom is -0.311 e.